The van der Waals surface area contributed by atoms with Gasteiger partial charge in [0.15, 0.2) is 0 Å². The molecule has 0 aliphatic heterocycles. The number of hydrogen-bond donors (Lipinski definition) is 0. The van der Waals surface area contributed by atoms with Crippen molar-refractivity contribution in [2.24, 2.45) is 0 Å². The first kappa shape index (κ1) is 30.0. The molecule has 1 heteroatoms. The molecule has 0 spiro atoms. The average Bonchev–Trinajstić information content (AvgIpc) is 3.75. The molecule has 0 saturated carbocycles. The highest BCUT2D eigenvalue weighted by Gasteiger charge is 2.20. The molecule has 0 saturated heterocycles. The lowest BCUT2D eigenvalue weighted by molar-refractivity contribution is 1.18. The largest absolute Gasteiger partial charge is 0.309 e. The van der Waals surface area contributed by atoms with Crippen LogP contribution < -0.4 is 0 Å². The Morgan fingerprint density at radius 2 is 0.868 bits per heavy atom. The molecule has 248 valence electrons. The number of nitrogens with zero attached hydrogens (tertiary/aromatic N) is 1. The van der Waals surface area contributed by atoms with Crippen molar-refractivity contribution in [1.29, 1.82) is 0 Å². The molecule has 0 N–H and O–H groups in total. The lowest BCUT2D eigenvalue weighted by Crippen LogP contribution is -1.95. The molecule has 1 heterocycles. The summed E-state index contributed by atoms with van der Waals surface area (Å²) in [6.45, 7) is 2.19. The van der Waals surface area contributed by atoms with Gasteiger partial charge in [0.25, 0.3) is 0 Å². The zero-order valence-electron chi connectivity index (χ0n) is 29.5. The Balaban J connectivity index is 1.06. The number of fused-ring (bicyclic) bond motifs is 8. The zero-order chi connectivity index (χ0) is 35.0. The molecule has 0 amide bonds. The third-order valence-corrected chi connectivity index (χ3v) is 11.5. The minimum absolute atomic E-state index is 1.02. The lowest BCUT2D eigenvalue weighted by atomic mass is 9.86. The van der Waals surface area contributed by atoms with E-state index in [-0.39, 0.29) is 0 Å². The highest BCUT2D eigenvalue weighted by Crippen LogP contribution is 2.45. The molecule has 53 heavy (non-hydrogen) atoms. The Hall–Kier alpha value is -6.70. The highest BCUT2D eigenvalue weighted by molar-refractivity contribution is 6.21. The van der Waals surface area contributed by atoms with Crippen LogP contribution in [0.15, 0.2) is 182 Å². The Morgan fingerprint density at radius 3 is 1.57 bits per heavy atom. The van der Waals surface area contributed by atoms with E-state index in [4.69, 9.17) is 0 Å². The minimum Gasteiger partial charge on any atom is -0.309 e. The Bertz CT molecular complexity index is 3010. The van der Waals surface area contributed by atoms with Gasteiger partial charge in [0.05, 0.1) is 11.0 Å². The molecular formula is C52H35N. The van der Waals surface area contributed by atoms with Crippen molar-refractivity contribution in [2.45, 2.75) is 13.3 Å². The molecular weight excluding hydrogens is 639 g/mol. The van der Waals surface area contributed by atoms with Crippen LogP contribution in [-0.2, 0) is 6.42 Å². The van der Waals surface area contributed by atoms with Crippen molar-refractivity contribution in [1.82, 2.24) is 4.57 Å². The molecule has 11 rings (SSSR count). The summed E-state index contributed by atoms with van der Waals surface area (Å²) in [5.41, 5.74) is 18.0. The van der Waals surface area contributed by atoms with E-state index < -0.39 is 0 Å². The van der Waals surface area contributed by atoms with Crippen LogP contribution in [0.1, 0.15) is 16.7 Å². The molecule has 9 aromatic carbocycles. The maximum absolute atomic E-state index is 2.44. The normalized spacial score (nSPS) is 12.2. The van der Waals surface area contributed by atoms with Gasteiger partial charge in [-0.1, -0.05) is 145 Å². The summed E-state index contributed by atoms with van der Waals surface area (Å²) < 4.78 is 2.44. The van der Waals surface area contributed by atoms with Gasteiger partial charge < -0.3 is 4.57 Å². The first-order valence-electron chi connectivity index (χ1n) is 18.6. The second kappa shape index (κ2) is 11.7. The van der Waals surface area contributed by atoms with E-state index in [0.717, 1.165) is 12.1 Å². The SMILES string of the molecule is Cc1ccc2c(c1)c1cc(-c3ccc4c(c3)-c3ccccc3C4)ccc1n2-c1ccc(-c2c3ccccc3c(-c3ccccc3)c3ccccc23)cc1. The Labute approximate surface area is 309 Å². The average molecular weight is 674 g/mol. The third kappa shape index (κ3) is 4.64. The van der Waals surface area contributed by atoms with Crippen molar-refractivity contribution < 1.29 is 0 Å². The fraction of sp³-hybridized carbons (Fsp3) is 0.0385. The molecule has 0 radical (unpaired) electrons. The lowest BCUT2D eigenvalue weighted by Gasteiger charge is -2.18. The maximum atomic E-state index is 2.44. The van der Waals surface area contributed by atoms with Crippen molar-refractivity contribution >= 4 is 43.4 Å². The van der Waals surface area contributed by atoms with Gasteiger partial charge >= 0.3 is 0 Å². The quantitative estimate of drug-likeness (QED) is 0.164. The number of hydrogen-bond acceptors (Lipinski definition) is 0. The maximum Gasteiger partial charge on any atom is 0.0541 e. The van der Waals surface area contributed by atoms with Gasteiger partial charge in [-0.05, 0) is 133 Å². The molecule has 1 aliphatic carbocycles. The molecule has 0 unspecified atom stereocenters. The third-order valence-electron chi connectivity index (χ3n) is 11.5. The molecule has 0 bridgehead atoms. The van der Waals surface area contributed by atoms with Crippen molar-refractivity contribution in [3.05, 3.63) is 199 Å². The molecule has 0 fully saturated rings. The predicted molar refractivity (Wildman–Crippen MR) is 225 cm³/mol. The Morgan fingerprint density at radius 1 is 0.358 bits per heavy atom. The van der Waals surface area contributed by atoms with Crippen LogP contribution in [0, 0.1) is 6.92 Å². The number of aryl methyl sites for hydroxylation is 1. The second-order valence-electron chi connectivity index (χ2n) is 14.5. The number of aromatic nitrogens is 1. The van der Waals surface area contributed by atoms with E-state index in [0.29, 0.717) is 0 Å². The van der Waals surface area contributed by atoms with Crippen LogP contribution in [0.25, 0.3) is 93.5 Å². The van der Waals surface area contributed by atoms with Crippen LogP contribution >= 0.6 is 0 Å². The van der Waals surface area contributed by atoms with Gasteiger partial charge in [0, 0.05) is 16.5 Å². The monoisotopic (exact) mass is 673 g/mol. The van der Waals surface area contributed by atoms with Gasteiger partial charge in [-0.2, -0.15) is 0 Å². The first-order chi connectivity index (χ1) is 26.2. The van der Waals surface area contributed by atoms with Crippen LogP contribution in [-0.4, -0.2) is 4.57 Å². The zero-order valence-corrected chi connectivity index (χ0v) is 29.5. The van der Waals surface area contributed by atoms with E-state index >= 15 is 0 Å². The van der Waals surface area contributed by atoms with Gasteiger partial charge in [0.2, 0.25) is 0 Å². The summed E-state index contributed by atoms with van der Waals surface area (Å²) in [6, 6.07) is 67.5. The summed E-state index contributed by atoms with van der Waals surface area (Å²) in [4.78, 5) is 0. The van der Waals surface area contributed by atoms with E-state index in [2.05, 4.69) is 193 Å². The summed E-state index contributed by atoms with van der Waals surface area (Å²) >= 11 is 0. The topological polar surface area (TPSA) is 4.93 Å². The van der Waals surface area contributed by atoms with E-state index in [1.165, 1.54) is 105 Å². The summed E-state index contributed by atoms with van der Waals surface area (Å²) in [5, 5.41) is 7.65. The summed E-state index contributed by atoms with van der Waals surface area (Å²) in [7, 11) is 0. The molecule has 1 nitrogen and oxygen atoms in total. The minimum atomic E-state index is 1.02. The van der Waals surface area contributed by atoms with Gasteiger partial charge in [-0.3, -0.25) is 0 Å². The van der Waals surface area contributed by atoms with Crippen LogP contribution in [0.2, 0.25) is 0 Å². The van der Waals surface area contributed by atoms with Crippen molar-refractivity contribution in [2.75, 3.05) is 0 Å². The fourth-order valence-corrected chi connectivity index (χ4v) is 9.03. The molecule has 0 atom stereocenters. The van der Waals surface area contributed by atoms with Crippen LogP contribution in [0.5, 0.6) is 0 Å². The molecule has 1 aliphatic rings. The van der Waals surface area contributed by atoms with Gasteiger partial charge in [0.1, 0.15) is 0 Å². The Kier molecular flexibility index (Phi) is 6.60. The molecule has 1 aromatic heterocycles. The highest BCUT2D eigenvalue weighted by atomic mass is 15.0. The second-order valence-corrected chi connectivity index (χ2v) is 14.5. The van der Waals surface area contributed by atoms with E-state index in [9.17, 15) is 0 Å². The predicted octanol–water partition coefficient (Wildman–Crippen LogP) is 14.0. The number of benzene rings is 9. The van der Waals surface area contributed by atoms with Gasteiger partial charge in [-0.15, -0.1) is 0 Å². The fourth-order valence-electron chi connectivity index (χ4n) is 9.03. The summed E-state index contributed by atoms with van der Waals surface area (Å²) in [5.74, 6) is 0. The summed E-state index contributed by atoms with van der Waals surface area (Å²) in [6.07, 6.45) is 1.02. The van der Waals surface area contributed by atoms with Crippen LogP contribution in [0.4, 0.5) is 0 Å². The van der Waals surface area contributed by atoms with Crippen molar-refractivity contribution in [3.63, 3.8) is 0 Å². The molecule has 10 aromatic rings. The van der Waals surface area contributed by atoms with Crippen LogP contribution in [0.3, 0.4) is 0 Å². The van der Waals surface area contributed by atoms with E-state index in [1.54, 1.807) is 0 Å². The smallest absolute Gasteiger partial charge is 0.0541 e. The van der Waals surface area contributed by atoms with E-state index in [1.807, 2.05) is 0 Å². The first-order valence-corrected chi connectivity index (χ1v) is 18.6. The van der Waals surface area contributed by atoms with Crippen molar-refractivity contribution in [3.8, 4) is 50.2 Å². The van der Waals surface area contributed by atoms with Gasteiger partial charge in [-0.25, -0.2) is 0 Å². The number of rotatable bonds is 4. The standard InChI is InChI=1S/C52H35N/c1-33-19-27-49-47(29-33)48-32-37(36-20-21-39-30-38-13-5-6-14-41(38)46(39)31-36)24-28-50(48)53(49)40-25-22-35(23-26-40)52-44-17-9-7-15-42(44)51(34-11-3-2-4-12-34)43-16-8-10-18-45(43)52/h2-29,31-32H,30H2,1H3.